The first-order valence-electron chi connectivity index (χ1n) is 6.08. The van der Waals surface area contributed by atoms with E-state index in [1.807, 2.05) is 0 Å². The van der Waals surface area contributed by atoms with Crippen LogP contribution >= 0.6 is 0 Å². The Balaban J connectivity index is 2.28. The Labute approximate surface area is 108 Å². The van der Waals surface area contributed by atoms with E-state index in [0.29, 0.717) is 23.6 Å². The van der Waals surface area contributed by atoms with Gasteiger partial charge in [0.05, 0.1) is 0 Å². The fourth-order valence-corrected chi connectivity index (χ4v) is 3.68. The number of nitrogens with two attached hydrogens (primary N) is 1. The lowest BCUT2D eigenvalue weighted by molar-refractivity contribution is 0.492. The van der Waals surface area contributed by atoms with Crippen molar-refractivity contribution in [1.29, 1.82) is 0 Å². The molecule has 1 aromatic heterocycles. The van der Waals surface area contributed by atoms with Gasteiger partial charge < -0.3 is 10.2 Å². The van der Waals surface area contributed by atoms with Crippen LogP contribution in [0.5, 0.6) is 0 Å². The van der Waals surface area contributed by atoms with Gasteiger partial charge >= 0.3 is 0 Å². The zero-order chi connectivity index (χ0) is 13.6. The number of furan rings is 1. The van der Waals surface area contributed by atoms with Gasteiger partial charge in [0, 0.05) is 18.7 Å². The quantitative estimate of drug-likeness (QED) is 0.849. The van der Waals surface area contributed by atoms with Crippen LogP contribution in [0.4, 0.5) is 0 Å². The Kier molecular flexibility index (Phi) is 3.29. The molecule has 5 nitrogen and oxygen atoms in total. The van der Waals surface area contributed by atoms with Gasteiger partial charge in [-0.3, -0.25) is 0 Å². The van der Waals surface area contributed by atoms with Crippen molar-refractivity contribution in [3.8, 4) is 0 Å². The molecule has 0 amide bonds. The van der Waals surface area contributed by atoms with Crippen molar-refractivity contribution in [2.45, 2.75) is 45.1 Å². The summed E-state index contributed by atoms with van der Waals surface area (Å²) in [6.07, 6.45) is 2.14. The molecule has 1 aliphatic rings. The summed E-state index contributed by atoms with van der Waals surface area (Å²) >= 11 is 0. The summed E-state index contributed by atoms with van der Waals surface area (Å²) in [6.45, 7) is 6.10. The number of aryl methyl sites for hydroxylation is 2. The second kappa shape index (κ2) is 4.36. The van der Waals surface area contributed by atoms with E-state index in [-0.39, 0.29) is 16.9 Å². The molecule has 1 heterocycles. The van der Waals surface area contributed by atoms with Gasteiger partial charge in [-0.25, -0.2) is 13.1 Å². The summed E-state index contributed by atoms with van der Waals surface area (Å²) in [5, 5.41) is 0. The number of sulfonamides is 1. The van der Waals surface area contributed by atoms with Crippen LogP contribution in [0.25, 0.3) is 0 Å². The molecule has 2 rings (SSSR count). The molecule has 0 saturated heterocycles. The first-order chi connectivity index (χ1) is 8.29. The average molecular weight is 272 g/mol. The van der Waals surface area contributed by atoms with Crippen LogP contribution < -0.4 is 10.5 Å². The maximum Gasteiger partial charge on any atom is 0.244 e. The van der Waals surface area contributed by atoms with Crippen molar-refractivity contribution in [2.24, 2.45) is 11.1 Å². The Bertz CT molecular complexity index is 556. The normalized spacial score (nSPS) is 18.0. The lowest BCUT2D eigenvalue weighted by Crippen LogP contribution is -2.30. The van der Waals surface area contributed by atoms with Crippen LogP contribution in [0.3, 0.4) is 0 Å². The molecular weight excluding hydrogens is 252 g/mol. The molecule has 1 aliphatic carbocycles. The van der Waals surface area contributed by atoms with E-state index in [9.17, 15) is 8.42 Å². The molecule has 0 unspecified atom stereocenters. The summed E-state index contributed by atoms with van der Waals surface area (Å²) in [6, 6.07) is 0. The summed E-state index contributed by atoms with van der Waals surface area (Å²) in [5.74, 6) is 0.981. The van der Waals surface area contributed by atoms with Crippen molar-refractivity contribution < 1.29 is 12.8 Å². The average Bonchev–Trinajstić information content (AvgIpc) is 2.93. The third-order valence-corrected chi connectivity index (χ3v) is 5.19. The molecule has 18 heavy (non-hydrogen) atoms. The molecule has 1 saturated carbocycles. The Morgan fingerprint density at radius 2 is 1.94 bits per heavy atom. The van der Waals surface area contributed by atoms with E-state index in [2.05, 4.69) is 11.6 Å². The third kappa shape index (κ3) is 2.46. The minimum absolute atomic E-state index is 0.128. The predicted molar refractivity (Wildman–Crippen MR) is 68.6 cm³/mol. The molecule has 1 aromatic rings. The topological polar surface area (TPSA) is 85.3 Å². The van der Waals surface area contributed by atoms with Gasteiger partial charge in [-0.05, 0) is 32.1 Å². The third-order valence-electron chi connectivity index (χ3n) is 3.59. The molecule has 0 aliphatic heterocycles. The van der Waals surface area contributed by atoms with E-state index in [0.717, 1.165) is 12.8 Å². The van der Waals surface area contributed by atoms with Crippen LogP contribution in [0.1, 0.15) is 36.8 Å². The van der Waals surface area contributed by atoms with Crippen LogP contribution in [-0.2, 0) is 16.6 Å². The SMILES string of the molecule is Cc1oc(C)c(S(=O)(=O)NCC2(C)CC2)c1CN. The van der Waals surface area contributed by atoms with Crippen LogP contribution in [0, 0.1) is 19.3 Å². The fourth-order valence-electron chi connectivity index (χ4n) is 2.03. The minimum atomic E-state index is -3.53. The largest absolute Gasteiger partial charge is 0.465 e. The van der Waals surface area contributed by atoms with E-state index < -0.39 is 10.0 Å². The monoisotopic (exact) mass is 272 g/mol. The Morgan fingerprint density at radius 1 is 1.33 bits per heavy atom. The summed E-state index contributed by atoms with van der Waals surface area (Å²) in [4.78, 5) is 0.215. The zero-order valence-corrected chi connectivity index (χ0v) is 11.9. The smallest absolute Gasteiger partial charge is 0.244 e. The number of hydrogen-bond acceptors (Lipinski definition) is 4. The van der Waals surface area contributed by atoms with Crippen molar-refractivity contribution in [3.05, 3.63) is 17.1 Å². The predicted octanol–water partition coefficient (Wildman–Crippen LogP) is 1.43. The summed E-state index contributed by atoms with van der Waals surface area (Å²) in [5.41, 5.74) is 6.30. The first-order valence-corrected chi connectivity index (χ1v) is 7.56. The van der Waals surface area contributed by atoms with Gasteiger partial charge in [-0.15, -0.1) is 0 Å². The summed E-state index contributed by atoms with van der Waals surface area (Å²) < 4.78 is 32.6. The molecule has 0 bridgehead atoms. The highest BCUT2D eigenvalue weighted by molar-refractivity contribution is 7.89. The van der Waals surface area contributed by atoms with Crippen molar-refractivity contribution in [1.82, 2.24) is 4.72 Å². The van der Waals surface area contributed by atoms with Crippen LogP contribution in [0.15, 0.2) is 9.31 Å². The zero-order valence-electron chi connectivity index (χ0n) is 11.0. The maximum atomic E-state index is 12.3. The second-order valence-electron chi connectivity index (χ2n) is 5.36. The molecule has 0 spiro atoms. The van der Waals surface area contributed by atoms with Crippen molar-refractivity contribution in [2.75, 3.05) is 6.54 Å². The Morgan fingerprint density at radius 3 is 2.44 bits per heavy atom. The second-order valence-corrected chi connectivity index (χ2v) is 7.07. The molecule has 3 N–H and O–H groups in total. The van der Waals surface area contributed by atoms with E-state index in [1.54, 1.807) is 13.8 Å². The van der Waals surface area contributed by atoms with E-state index in [4.69, 9.17) is 10.2 Å². The maximum absolute atomic E-state index is 12.3. The number of hydrogen-bond donors (Lipinski definition) is 2. The highest BCUT2D eigenvalue weighted by Crippen LogP contribution is 2.44. The van der Waals surface area contributed by atoms with Gasteiger partial charge in [0.15, 0.2) is 0 Å². The van der Waals surface area contributed by atoms with E-state index in [1.165, 1.54) is 0 Å². The van der Waals surface area contributed by atoms with Crippen LogP contribution in [-0.4, -0.2) is 15.0 Å². The first kappa shape index (κ1) is 13.6. The Hall–Kier alpha value is -0.850. The van der Waals surface area contributed by atoms with Gasteiger partial charge in [0.2, 0.25) is 10.0 Å². The van der Waals surface area contributed by atoms with Gasteiger partial charge in [0.25, 0.3) is 0 Å². The van der Waals surface area contributed by atoms with Gasteiger partial charge in [0.1, 0.15) is 16.4 Å². The molecule has 0 atom stereocenters. The molecule has 0 aromatic carbocycles. The van der Waals surface area contributed by atoms with Gasteiger partial charge in [-0.2, -0.15) is 0 Å². The highest BCUT2D eigenvalue weighted by Gasteiger charge is 2.38. The molecule has 6 heteroatoms. The summed E-state index contributed by atoms with van der Waals surface area (Å²) in [7, 11) is -3.53. The fraction of sp³-hybridized carbons (Fsp3) is 0.667. The minimum Gasteiger partial charge on any atom is -0.465 e. The van der Waals surface area contributed by atoms with Crippen molar-refractivity contribution >= 4 is 10.0 Å². The molecule has 1 fully saturated rings. The van der Waals surface area contributed by atoms with Crippen molar-refractivity contribution in [3.63, 3.8) is 0 Å². The van der Waals surface area contributed by atoms with Crippen LogP contribution in [0.2, 0.25) is 0 Å². The molecule has 0 radical (unpaired) electrons. The lowest BCUT2D eigenvalue weighted by atomic mass is 10.2. The van der Waals surface area contributed by atoms with Gasteiger partial charge in [-0.1, -0.05) is 6.92 Å². The molecule has 102 valence electrons. The number of rotatable bonds is 5. The highest BCUT2D eigenvalue weighted by atomic mass is 32.2. The molecular formula is C12H20N2O3S. The lowest BCUT2D eigenvalue weighted by Gasteiger charge is -2.11. The van der Waals surface area contributed by atoms with E-state index >= 15 is 0 Å². The standard InChI is InChI=1S/C12H20N2O3S/c1-8-10(6-13)11(9(2)17-8)18(15,16)14-7-12(3)4-5-12/h14H,4-7,13H2,1-3H3. The number of nitrogens with one attached hydrogen (secondary N) is 1.